The smallest absolute Gasteiger partial charge is 0.166 e. The molecule has 0 amide bonds. The van der Waals surface area contributed by atoms with Gasteiger partial charge in [-0.05, 0) is 29.9 Å². The van der Waals surface area contributed by atoms with Crippen LogP contribution in [0, 0.1) is 11.8 Å². The summed E-state index contributed by atoms with van der Waals surface area (Å²) in [5.74, 6) is 1.10. The first-order valence-corrected chi connectivity index (χ1v) is 7.45. The maximum absolute atomic E-state index is 12.5. The van der Waals surface area contributed by atoms with Crippen molar-refractivity contribution in [1.82, 2.24) is 0 Å². The molecule has 0 aromatic heterocycles. The van der Waals surface area contributed by atoms with Crippen LogP contribution in [0.2, 0.25) is 0 Å². The molecule has 1 fully saturated rings. The van der Waals surface area contributed by atoms with Gasteiger partial charge in [0.25, 0.3) is 0 Å². The van der Waals surface area contributed by atoms with Crippen molar-refractivity contribution in [2.45, 2.75) is 26.2 Å². The van der Waals surface area contributed by atoms with Gasteiger partial charge in [0.1, 0.15) is 0 Å². The molecule has 2 aromatic rings. The quantitative estimate of drug-likeness (QED) is 0.715. The number of benzene rings is 2. The summed E-state index contributed by atoms with van der Waals surface area (Å²) in [5, 5.41) is 0. The molecule has 0 saturated heterocycles. The summed E-state index contributed by atoms with van der Waals surface area (Å²) in [7, 11) is 0. The standard InChI is InChI=1S/C19H20O/c1-14-6-5-9-18(14)19(20)17-12-10-16(11-13-17)15-7-3-2-4-8-15/h2-4,7-8,10-14,18H,5-6,9H2,1H3. The van der Waals surface area contributed by atoms with Crippen LogP contribution < -0.4 is 0 Å². The molecule has 0 spiro atoms. The average molecular weight is 264 g/mol. The topological polar surface area (TPSA) is 17.1 Å². The van der Waals surface area contributed by atoms with E-state index in [1.54, 1.807) is 0 Å². The number of carbonyl (C=O) groups is 1. The second-order valence-electron chi connectivity index (χ2n) is 5.82. The zero-order valence-corrected chi connectivity index (χ0v) is 11.9. The van der Waals surface area contributed by atoms with Gasteiger partial charge in [-0.15, -0.1) is 0 Å². The second kappa shape index (κ2) is 5.62. The molecule has 102 valence electrons. The van der Waals surface area contributed by atoms with Gasteiger partial charge in [-0.1, -0.05) is 67.9 Å². The van der Waals surface area contributed by atoms with Crippen molar-refractivity contribution < 1.29 is 4.79 Å². The van der Waals surface area contributed by atoms with E-state index in [9.17, 15) is 4.79 Å². The summed E-state index contributed by atoms with van der Waals surface area (Å²) in [6.07, 6.45) is 3.44. The Balaban J connectivity index is 1.81. The first-order valence-electron chi connectivity index (χ1n) is 7.45. The molecule has 3 rings (SSSR count). The number of rotatable bonds is 3. The molecule has 1 heteroatoms. The molecule has 2 aromatic carbocycles. The Morgan fingerprint density at radius 3 is 2.15 bits per heavy atom. The fourth-order valence-corrected chi connectivity index (χ4v) is 3.21. The predicted molar refractivity (Wildman–Crippen MR) is 82.7 cm³/mol. The Morgan fingerprint density at radius 1 is 0.900 bits per heavy atom. The maximum atomic E-state index is 12.5. The van der Waals surface area contributed by atoms with Crippen LogP contribution >= 0.6 is 0 Å². The van der Waals surface area contributed by atoms with E-state index in [2.05, 4.69) is 31.2 Å². The zero-order valence-electron chi connectivity index (χ0n) is 11.9. The van der Waals surface area contributed by atoms with E-state index in [1.807, 2.05) is 30.3 Å². The Kier molecular flexibility index (Phi) is 3.68. The van der Waals surface area contributed by atoms with E-state index < -0.39 is 0 Å². The lowest BCUT2D eigenvalue weighted by Crippen LogP contribution is -2.16. The third-order valence-electron chi connectivity index (χ3n) is 4.47. The van der Waals surface area contributed by atoms with E-state index >= 15 is 0 Å². The molecule has 2 unspecified atom stereocenters. The molecule has 0 bridgehead atoms. The highest BCUT2D eigenvalue weighted by Crippen LogP contribution is 2.34. The van der Waals surface area contributed by atoms with Crippen LogP contribution in [0.25, 0.3) is 11.1 Å². The minimum atomic E-state index is 0.234. The van der Waals surface area contributed by atoms with Gasteiger partial charge < -0.3 is 0 Å². The Hall–Kier alpha value is -1.89. The van der Waals surface area contributed by atoms with Gasteiger partial charge in [0.15, 0.2) is 5.78 Å². The molecule has 2 atom stereocenters. The summed E-state index contributed by atoms with van der Waals surface area (Å²) < 4.78 is 0. The Morgan fingerprint density at radius 2 is 1.55 bits per heavy atom. The highest BCUT2D eigenvalue weighted by atomic mass is 16.1. The van der Waals surface area contributed by atoms with E-state index in [4.69, 9.17) is 0 Å². The molecule has 0 aliphatic heterocycles. The van der Waals surface area contributed by atoms with E-state index in [0.29, 0.717) is 11.7 Å². The molecular formula is C19H20O. The Bertz CT molecular complexity index is 583. The van der Waals surface area contributed by atoms with Gasteiger partial charge in [0.2, 0.25) is 0 Å². The molecular weight excluding hydrogens is 244 g/mol. The molecule has 1 aliphatic rings. The first kappa shape index (κ1) is 13.1. The van der Waals surface area contributed by atoms with Gasteiger partial charge in [-0.25, -0.2) is 0 Å². The van der Waals surface area contributed by atoms with E-state index in [0.717, 1.165) is 12.0 Å². The zero-order chi connectivity index (χ0) is 13.9. The summed E-state index contributed by atoms with van der Waals surface area (Å²) in [6.45, 7) is 2.20. The fourth-order valence-electron chi connectivity index (χ4n) is 3.21. The highest BCUT2D eigenvalue weighted by Gasteiger charge is 2.30. The van der Waals surface area contributed by atoms with Crippen LogP contribution in [-0.2, 0) is 0 Å². The van der Waals surface area contributed by atoms with Crippen molar-refractivity contribution in [3.05, 3.63) is 60.2 Å². The van der Waals surface area contributed by atoms with Gasteiger partial charge >= 0.3 is 0 Å². The second-order valence-corrected chi connectivity index (χ2v) is 5.82. The van der Waals surface area contributed by atoms with Crippen LogP contribution in [-0.4, -0.2) is 5.78 Å². The maximum Gasteiger partial charge on any atom is 0.166 e. The number of Topliss-reactive ketones (excluding diaryl/α,β-unsaturated/α-hetero) is 1. The lowest BCUT2D eigenvalue weighted by molar-refractivity contribution is 0.0897. The van der Waals surface area contributed by atoms with Crippen molar-refractivity contribution in [3.8, 4) is 11.1 Å². The van der Waals surface area contributed by atoms with Crippen LogP contribution in [0.15, 0.2) is 54.6 Å². The molecule has 0 heterocycles. The summed E-state index contributed by atoms with van der Waals surface area (Å²) >= 11 is 0. The predicted octanol–water partition coefficient (Wildman–Crippen LogP) is 4.97. The highest BCUT2D eigenvalue weighted by molar-refractivity contribution is 5.98. The largest absolute Gasteiger partial charge is 0.294 e. The molecule has 1 nitrogen and oxygen atoms in total. The number of ketones is 1. The molecule has 1 aliphatic carbocycles. The monoisotopic (exact) mass is 264 g/mol. The summed E-state index contributed by atoms with van der Waals surface area (Å²) in [4.78, 5) is 12.5. The third kappa shape index (κ3) is 2.53. The lowest BCUT2D eigenvalue weighted by Gasteiger charge is -2.14. The van der Waals surface area contributed by atoms with E-state index in [1.165, 1.54) is 24.0 Å². The molecule has 0 N–H and O–H groups in total. The van der Waals surface area contributed by atoms with Crippen LogP contribution in [0.4, 0.5) is 0 Å². The Labute approximate surface area is 120 Å². The lowest BCUT2D eigenvalue weighted by atomic mass is 9.89. The van der Waals surface area contributed by atoms with Gasteiger partial charge in [-0.3, -0.25) is 4.79 Å². The van der Waals surface area contributed by atoms with Crippen LogP contribution in [0.1, 0.15) is 36.5 Å². The van der Waals surface area contributed by atoms with Crippen molar-refractivity contribution in [2.24, 2.45) is 11.8 Å². The van der Waals surface area contributed by atoms with Crippen LogP contribution in [0.3, 0.4) is 0 Å². The fraction of sp³-hybridized carbons (Fsp3) is 0.316. The minimum absolute atomic E-state index is 0.234. The van der Waals surface area contributed by atoms with Gasteiger partial charge in [0.05, 0.1) is 0 Å². The SMILES string of the molecule is CC1CCCC1C(=O)c1ccc(-c2ccccc2)cc1. The molecule has 20 heavy (non-hydrogen) atoms. The summed E-state index contributed by atoms with van der Waals surface area (Å²) in [6, 6.07) is 18.4. The van der Waals surface area contributed by atoms with E-state index in [-0.39, 0.29) is 5.92 Å². The normalized spacial score (nSPS) is 21.9. The van der Waals surface area contributed by atoms with Crippen molar-refractivity contribution in [1.29, 1.82) is 0 Å². The minimum Gasteiger partial charge on any atom is -0.294 e. The van der Waals surface area contributed by atoms with Gasteiger partial charge in [0, 0.05) is 11.5 Å². The first-order chi connectivity index (χ1) is 9.75. The van der Waals surface area contributed by atoms with Crippen LogP contribution in [0.5, 0.6) is 0 Å². The number of hydrogen-bond donors (Lipinski definition) is 0. The average Bonchev–Trinajstić information content (AvgIpc) is 2.94. The van der Waals surface area contributed by atoms with Crippen molar-refractivity contribution >= 4 is 5.78 Å². The number of carbonyl (C=O) groups excluding carboxylic acids is 1. The molecule has 0 radical (unpaired) electrons. The molecule has 1 saturated carbocycles. The van der Waals surface area contributed by atoms with Gasteiger partial charge in [-0.2, -0.15) is 0 Å². The van der Waals surface area contributed by atoms with Crippen molar-refractivity contribution in [2.75, 3.05) is 0 Å². The van der Waals surface area contributed by atoms with Crippen molar-refractivity contribution in [3.63, 3.8) is 0 Å². The third-order valence-corrected chi connectivity index (χ3v) is 4.47. The summed E-state index contributed by atoms with van der Waals surface area (Å²) in [5.41, 5.74) is 3.23. The number of hydrogen-bond acceptors (Lipinski definition) is 1.